The number of unbranched alkanes of at least 4 members (excludes halogenated alkanes) is 36. The van der Waals surface area contributed by atoms with E-state index in [9.17, 15) is 19.2 Å². The maximum atomic E-state index is 13.5. The summed E-state index contributed by atoms with van der Waals surface area (Å²) >= 11 is 0. The summed E-state index contributed by atoms with van der Waals surface area (Å²) in [6.07, 6.45) is 50.0. The first kappa shape index (κ1) is 65.1. The maximum absolute atomic E-state index is 13.5. The second kappa shape index (κ2) is 51.0. The minimum Gasteiger partial charge on any atom is -0.462 e. The van der Waals surface area contributed by atoms with Crippen LogP contribution in [0.25, 0.3) is 0 Å². The van der Waals surface area contributed by atoms with Gasteiger partial charge in [-0.05, 0) is 44.1 Å². The second-order valence-corrected chi connectivity index (χ2v) is 20.9. The zero-order valence-corrected chi connectivity index (χ0v) is 46.1. The Labute approximate surface area is 431 Å². The van der Waals surface area contributed by atoms with Gasteiger partial charge in [0.25, 0.3) is 0 Å². The van der Waals surface area contributed by atoms with Crippen molar-refractivity contribution in [3.8, 4) is 0 Å². The van der Waals surface area contributed by atoms with E-state index < -0.39 is 18.1 Å². The summed E-state index contributed by atoms with van der Waals surface area (Å²) in [6.45, 7) is 6.91. The van der Waals surface area contributed by atoms with Gasteiger partial charge in [0.05, 0.1) is 0 Å². The van der Waals surface area contributed by atoms with Crippen molar-refractivity contribution >= 4 is 23.8 Å². The van der Waals surface area contributed by atoms with Crippen molar-refractivity contribution in [1.29, 1.82) is 0 Å². The molecule has 0 bridgehead atoms. The molecule has 2 atom stereocenters. The first-order valence-electron chi connectivity index (χ1n) is 30.2. The first-order chi connectivity index (χ1) is 34.4. The lowest BCUT2D eigenvalue weighted by Gasteiger charge is -2.21. The Bertz CT molecular complexity index is 1320. The van der Waals surface area contributed by atoms with Crippen molar-refractivity contribution < 1.29 is 33.4 Å². The van der Waals surface area contributed by atoms with Crippen molar-refractivity contribution in [3.63, 3.8) is 0 Å². The van der Waals surface area contributed by atoms with Gasteiger partial charge >= 0.3 is 17.9 Å². The summed E-state index contributed by atoms with van der Waals surface area (Å²) in [5.74, 6) is -1.15. The molecule has 70 heavy (non-hydrogen) atoms. The highest BCUT2D eigenvalue weighted by atomic mass is 16.6. The molecule has 406 valence electrons. The number of carbonyl (C=O) groups excluding carboxylic acids is 4. The topological polar surface area (TPSA) is 108 Å². The number of esters is 3. The summed E-state index contributed by atoms with van der Waals surface area (Å²) in [6, 6.07) is 8.73. The zero-order valence-electron chi connectivity index (χ0n) is 46.1. The maximum Gasteiger partial charge on any atom is 0.328 e. The molecule has 0 heterocycles. The summed E-state index contributed by atoms with van der Waals surface area (Å²) < 4.78 is 17.4. The molecule has 1 amide bonds. The van der Waals surface area contributed by atoms with Crippen LogP contribution >= 0.6 is 0 Å². The number of rotatable bonds is 53. The van der Waals surface area contributed by atoms with Gasteiger partial charge in [-0.1, -0.05) is 282 Å². The molecule has 1 aromatic rings. The highest BCUT2D eigenvalue weighted by Crippen LogP contribution is 2.18. The van der Waals surface area contributed by atoms with Gasteiger partial charge in [-0.25, -0.2) is 4.79 Å². The molecule has 0 fully saturated rings. The van der Waals surface area contributed by atoms with E-state index >= 15 is 0 Å². The largest absolute Gasteiger partial charge is 0.462 e. The Hall–Kier alpha value is -2.90. The number of benzene rings is 1. The standard InChI is InChI=1S/C62H111NO7/c1-4-7-10-13-16-19-22-25-28-31-34-37-43-51-59(64)63-58(62(67)69-54-56-47-41-40-42-48-56)50-46-49-57(70-61(66)53-45-39-36-33-30-27-24-21-18-15-12-9-6-3)55-68-60(65)52-44-38-35-32-29-26-23-20-17-14-11-8-5-2/h40-42,47-48,57-58H,4-39,43-46,49-55H2,1-3H3,(H,63,64)/t57-,58-/m1/s1. The second-order valence-electron chi connectivity index (χ2n) is 20.9. The molecule has 1 rings (SSSR count). The van der Waals surface area contributed by atoms with Crippen LogP contribution in [0.4, 0.5) is 0 Å². The molecule has 0 aromatic heterocycles. The highest BCUT2D eigenvalue weighted by Gasteiger charge is 2.24. The van der Waals surface area contributed by atoms with Gasteiger partial charge in [-0.2, -0.15) is 0 Å². The van der Waals surface area contributed by atoms with Crippen LogP contribution in [0.15, 0.2) is 30.3 Å². The Balaban J connectivity index is 2.64. The molecule has 0 saturated carbocycles. The third-order valence-corrected chi connectivity index (χ3v) is 14.1. The third kappa shape index (κ3) is 43.9. The molecule has 1 aromatic carbocycles. The fourth-order valence-electron chi connectivity index (χ4n) is 9.45. The Kier molecular flexibility index (Phi) is 47.5. The summed E-state index contributed by atoms with van der Waals surface area (Å²) in [5.41, 5.74) is 0.879. The number of hydrogen-bond donors (Lipinski definition) is 1. The van der Waals surface area contributed by atoms with Gasteiger partial charge < -0.3 is 19.5 Å². The van der Waals surface area contributed by atoms with E-state index in [-0.39, 0.29) is 31.1 Å². The highest BCUT2D eigenvalue weighted by molar-refractivity contribution is 5.84. The molecule has 0 spiro atoms. The SMILES string of the molecule is CCCCCCCCCCCCCCCC(=O)N[C@H](CCC[C@H](COC(=O)CCCCCCCCCCCCCCC)OC(=O)CCCCCCCCCCCCCCC)C(=O)OCc1ccccc1. The lowest BCUT2D eigenvalue weighted by Crippen LogP contribution is -2.42. The molecule has 0 aliphatic carbocycles. The average molecular weight is 983 g/mol. The lowest BCUT2D eigenvalue weighted by atomic mass is 10.0. The zero-order chi connectivity index (χ0) is 50.6. The number of carbonyl (C=O) groups is 4. The fourth-order valence-corrected chi connectivity index (χ4v) is 9.45. The molecule has 0 aliphatic heterocycles. The van der Waals surface area contributed by atoms with Crippen molar-refractivity contribution in [3.05, 3.63) is 35.9 Å². The predicted octanol–water partition coefficient (Wildman–Crippen LogP) is 18.3. The van der Waals surface area contributed by atoms with Crippen LogP contribution < -0.4 is 5.32 Å². The number of nitrogens with one attached hydrogen (secondary N) is 1. The number of amides is 1. The molecular formula is C62H111NO7. The van der Waals surface area contributed by atoms with Crippen molar-refractivity contribution in [2.75, 3.05) is 6.61 Å². The molecule has 0 radical (unpaired) electrons. The van der Waals surface area contributed by atoms with Crippen molar-refractivity contribution in [1.82, 2.24) is 5.32 Å². The van der Waals surface area contributed by atoms with Gasteiger partial charge in [0.15, 0.2) is 0 Å². The summed E-state index contributed by atoms with van der Waals surface area (Å²) in [7, 11) is 0. The van der Waals surface area contributed by atoms with E-state index in [1.54, 1.807) is 0 Å². The van der Waals surface area contributed by atoms with Gasteiger partial charge in [-0.3, -0.25) is 14.4 Å². The monoisotopic (exact) mass is 982 g/mol. The van der Waals surface area contributed by atoms with Gasteiger partial charge in [0, 0.05) is 19.3 Å². The molecule has 8 heteroatoms. The minimum atomic E-state index is -0.821. The third-order valence-electron chi connectivity index (χ3n) is 14.1. The Morgan fingerprint density at radius 1 is 0.400 bits per heavy atom. The molecule has 0 saturated heterocycles. The van der Waals surface area contributed by atoms with Crippen LogP contribution in [0, 0.1) is 0 Å². The smallest absolute Gasteiger partial charge is 0.328 e. The van der Waals surface area contributed by atoms with Gasteiger partial charge in [-0.15, -0.1) is 0 Å². The minimum absolute atomic E-state index is 0.00382. The van der Waals surface area contributed by atoms with E-state index in [0.717, 1.165) is 63.4 Å². The van der Waals surface area contributed by atoms with E-state index in [0.29, 0.717) is 38.5 Å². The van der Waals surface area contributed by atoms with E-state index in [2.05, 4.69) is 26.1 Å². The average Bonchev–Trinajstić information content (AvgIpc) is 3.36. The van der Waals surface area contributed by atoms with E-state index in [1.165, 1.54) is 193 Å². The molecule has 0 aliphatic rings. The van der Waals surface area contributed by atoms with Crippen molar-refractivity contribution in [2.45, 2.75) is 328 Å². The quantitative estimate of drug-likeness (QED) is 0.0393. The first-order valence-corrected chi connectivity index (χ1v) is 30.2. The normalized spacial score (nSPS) is 12.2. The van der Waals surface area contributed by atoms with Crippen LogP contribution in [0.2, 0.25) is 0 Å². The van der Waals surface area contributed by atoms with Crippen LogP contribution in [0.5, 0.6) is 0 Å². The van der Waals surface area contributed by atoms with Crippen LogP contribution in [0.1, 0.15) is 315 Å². The molecule has 1 N–H and O–H groups in total. The van der Waals surface area contributed by atoms with Gasteiger partial charge in [0.2, 0.25) is 5.91 Å². The van der Waals surface area contributed by atoms with E-state index in [4.69, 9.17) is 14.2 Å². The number of ether oxygens (including phenoxy) is 3. The summed E-state index contributed by atoms with van der Waals surface area (Å²) in [4.78, 5) is 52.7. The van der Waals surface area contributed by atoms with E-state index in [1.807, 2.05) is 30.3 Å². The fraction of sp³-hybridized carbons (Fsp3) is 0.839. The molecular weight excluding hydrogens is 871 g/mol. The van der Waals surface area contributed by atoms with Crippen LogP contribution in [0.3, 0.4) is 0 Å². The lowest BCUT2D eigenvalue weighted by molar-refractivity contribution is -0.159. The van der Waals surface area contributed by atoms with Gasteiger partial charge in [0.1, 0.15) is 25.4 Å². The Morgan fingerprint density at radius 2 is 0.757 bits per heavy atom. The van der Waals surface area contributed by atoms with Crippen LogP contribution in [-0.4, -0.2) is 42.6 Å². The molecule has 0 unspecified atom stereocenters. The number of hydrogen-bond acceptors (Lipinski definition) is 7. The predicted molar refractivity (Wildman–Crippen MR) is 294 cm³/mol. The van der Waals surface area contributed by atoms with Crippen molar-refractivity contribution in [2.24, 2.45) is 0 Å². The Morgan fingerprint density at radius 3 is 1.16 bits per heavy atom. The summed E-state index contributed by atoms with van der Waals surface area (Å²) in [5, 5.41) is 2.98. The molecule has 8 nitrogen and oxygen atoms in total. The van der Waals surface area contributed by atoms with Crippen LogP contribution in [-0.2, 0) is 40.0 Å².